The summed E-state index contributed by atoms with van der Waals surface area (Å²) in [5.74, 6) is 0.367. The van der Waals surface area contributed by atoms with Crippen molar-refractivity contribution in [3.63, 3.8) is 0 Å². The van der Waals surface area contributed by atoms with Crippen LogP contribution >= 0.6 is 0 Å². The van der Waals surface area contributed by atoms with Crippen molar-refractivity contribution in [3.8, 4) is 5.75 Å². The van der Waals surface area contributed by atoms with Crippen LogP contribution in [0.3, 0.4) is 0 Å². The van der Waals surface area contributed by atoms with Gasteiger partial charge in [0.05, 0.1) is 6.54 Å². The molecule has 7 heteroatoms. The summed E-state index contributed by atoms with van der Waals surface area (Å²) in [7, 11) is 0. The Morgan fingerprint density at radius 1 is 0.871 bits per heavy atom. The number of unbranched alkanes of at least 4 members (excludes halogenated alkanes) is 3. The van der Waals surface area contributed by atoms with Gasteiger partial charge in [-0.2, -0.15) is 0 Å². The molecule has 0 unspecified atom stereocenters. The molecular weight excluding hydrogens is 394 g/mol. The molecule has 3 N–H and O–H groups in total. The first-order valence-corrected chi connectivity index (χ1v) is 10.7. The average molecular weight is 424 g/mol. The van der Waals surface area contributed by atoms with E-state index in [9.17, 15) is 9.59 Å². The van der Waals surface area contributed by atoms with E-state index in [-0.39, 0.29) is 11.8 Å². The Labute approximate surface area is 182 Å². The number of para-hydroxylation sites is 1. The molecule has 2 aromatic carbocycles. The molecular formula is C24H29N3O4. The van der Waals surface area contributed by atoms with Crippen molar-refractivity contribution in [2.75, 3.05) is 11.9 Å². The third kappa shape index (κ3) is 7.15. The molecule has 164 valence electrons. The van der Waals surface area contributed by atoms with Gasteiger partial charge in [-0.25, -0.2) is 5.48 Å². The van der Waals surface area contributed by atoms with Crippen molar-refractivity contribution in [2.45, 2.75) is 45.1 Å². The number of benzene rings is 2. The van der Waals surface area contributed by atoms with Crippen molar-refractivity contribution in [2.24, 2.45) is 0 Å². The number of carbonyl (C=O) groups is 2. The fourth-order valence-corrected chi connectivity index (χ4v) is 3.44. The minimum atomic E-state index is -0.372. The SMILES string of the molecule is O=C(CCCCCCC(=O)Nc1ccc(OCCn2ccc3ccccc32)cc1)NO. The predicted octanol–water partition coefficient (Wildman–Crippen LogP) is 4.50. The number of aromatic nitrogens is 1. The quantitative estimate of drug-likeness (QED) is 0.227. The van der Waals surface area contributed by atoms with Gasteiger partial charge in [-0.05, 0) is 54.6 Å². The summed E-state index contributed by atoms with van der Waals surface area (Å²) < 4.78 is 8.01. The molecule has 1 aromatic heterocycles. The highest BCUT2D eigenvalue weighted by molar-refractivity contribution is 5.90. The van der Waals surface area contributed by atoms with E-state index in [4.69, 9.17) is 9.94 Å². The summed E-state index contributed by atoms with van der Waals surface area (Å²) in [6.45, 7) is 1.32. The zero-order valence-corrected chi connectivity index (χ0v) is 17.5. The van der Waals surface area contributed by atoms with Gasteiger partial charge in [-0.15, -0.1) is 0 Å². The van der Waals surface area contributed by atoms with Crippen molar-refractivity contribution in [1.29, 1.82) is 0 Å². The van der Waals surface area contributed by atoms with E-state index in [2.05, 4.69) is 34.3 Å². The molecule has 0 aliphatic heterocycles. The third-order valence-corrected chi connectivity index (χ3v) is 5.10. The number of amides is 2. The fraction of sp³-hybridized carbons (Fsp3) is 0.333. The maximum absolute atomic E-state index is 12.1. The summed E-state index contributed by atoms with van der Waals surface area (Å²) in [6, 6.07) is 17.8. The van der Waals surface area contributed by atoms with E-state index in [0.29, 0.717) is 25.9 Å². The van der Waals surface area contributed by atoms with Crippen molar-refractivity contribution in [3.05, 3.63) is 60.8 Å². The Morgan fingerprint density at radius 3 is 2.32 bits per heavy atom. The number of nitrogens with one attached hydrogen (secondary N) is 2. The average Bonchev–Trinajstić information content (AvgIpc) is 3.20. The molecule has 0 bridgehead atoms. The Balaban J connectivity index is 1.33. The van der Waals surface area contributed by atoms with Gasteiger partial charge in [-0.1, -0.05) is 31.0 Å². The molecule has 0 saturated heterocycles. The van der Waals surface area contributed by atoms with Crippen LogP contribution in [0.5, 0.6) is 5.75 Å². The van der Waals surface area contributed by atoms with Crippen LogP contribution in [0.15, 0.2) is 60.8 Å². The van der Waals surface area contributed by atoms with E-state index in [1.54, 1.807) is 5.48 Å². The standard InChI is InChI=1S/C24H29N3O4/c28-23(9-3-1-2-4-10-24(29)26-30)25-20-11-13-21(14-12-20)31-18-17-27-16-15-19-7-5-6-8-22(19)27/h5-8,11-16,30H,1-4,9-10,17-18H2,(H,25,28)(H,26,29). The first-order valence-electron chi connectivity index (χ1n) is 10.7. The molecule has 0 atom stereocenters. The minimum Gasteiger partial charge on any atom is -0.492 e. The van der Waals surface area contributed by atoms with Gasteiger partial charge in [0.1, 0.15) is 12.4 Å². The van der Waals surface area contributed by atoms with E-state index < -0.39 is 0 Å². The Morgan fingerprint density at radius 2 is 1.58 bits per heavy atom. The van der Waals surface area contributed by atoms with E-state index in [1.807, 2.05) is 36.4 Å². The number of hydrogen-bond acceptors (Lipinski definition) is 4. The number of hydroxylamine groups is 1. The van der Waals surface area contributed by atoms with Gasteiger partial charge in [0.25, 0.3) is 0 Å². The van der Waals surface area contributed by atoms with Crippen LogP contribution in [-0.2, 0) is 16.1 Å². The topological polar surface area (TPSA) is 92.6 Å². The fourth-order valence-electron chi connectivity index (χ4n) is 3.44. The Hall–Kier alpha value is -3.32. The van der Waals surface area contributed by atoms with Crippen LogP contribution in [0.4, 0.5) is 5.69 Å². The van der Waals surface area contributed by atoms with Crippen LogP contribution in [0.2, 0.25) is 0 Å². The largest absolute Gasteiger partial charge is 0.492 e. The molecule has 0 radical (unpaired) electrons. The highest BCUT2D eigenvalue weighted by atomic mass is 16.5. The number of carbonyl (C=O) groups excluding carboxylic acids is 2. The maximum atomic E-state index is 12.1. The normalized spacial score (nSPS) is 10.7. The molecule has 31 heavy (non-hydrogen) atoms. The minimum absolute atomic E-state index is 0.0266. The summed E-state index contributed by atoms with van der Waals surface area (Å²) in [4.78, 5) is 23.0. The van der Waals surface area contributed by atoms with Crippen LogP contribution in [-0.4, -0.2) is 28.2 Å². The van der Waals surface area contributed by atoms with Gasteiger partial charge in [0.2, 0.25) is 11.8 Å². The molecule has 0 spiro atoms. The summed E-state index contributed by atoms with van der Waals surface area (Å²) in [5.41, 5.74) is 3.55. The second-order valence-electron chi connectivity index (χ2n) is 7.44. The monoisotopic (exact) mass is 423 g/mol. The number of ether oxygens (including phenoxy) is 1. The molecule has 7 nitrogen and oxygen atoms in total. The zero-order chi connectivity index (χ0) is 21.9. The molecule has 2 amide bonds. The molecule has 0 fully saturated rings. The van der Waals surface area contributed by atoms with Crippen molar-refractivity contribution in [1.82, 2.24) is 10.0 Å². The van der Waals surface area contributed by atoms with Crippen molar-refractivity contribution < 1.29 is 19.5 Å². The zero-order valence-electron chi connectivity index (χ0n) is 17.5. The Bertz CT molecular complexity index is 982. The lowest BCUT2D eigenvalue weighted by Gasteiger charge is -2.10. The van der Waals surface area contributed by atoms with Gasteiger partial charge in [-0.3, -0.25) is 14.8 Å². The number of anilines is 1. The number of rotatable bonds is 12. The van der Waals surface area contributed by atoms with Crippen molar-refractivity contribution >= 4 is 28.4 Å². The van der Waals surface area contributed by atoms with E-state index in [1.165, 1.54) is 10.9 Å². The van der Waals surface area contributed by atoms with E-state index >= 15 is 0 Å². The lowest BCUT2D eigenvalue weighted by molar-refractivity contribution is -0.129. The molecule has 0 saturated carbocycles. The maximum Gasteiger partial charge on any atom is 0.243 e. The predicted molar refractivity (Wildman–Crippen MR) is 120 cm³/mol. The van der Waals surface area contributed by atoms with Gasteiger partial charge >= 0.3 is 0 Å². The van der Waals surface area contributed by atoms with Crippen LogP contribution in [0.25, 0.3) is 10.9 Å². The molecule has 3 rings (SSSR count). The van der Waals surface area contributed by atoms with Gasteiger partial charge in [0, 0.05) is 30.2 Å². The van der Waals surface area contributed by atoms with Gasteiger partial charge < -0.3 is 14.6 Å². The number of hydrogen-bond donors (Lipinski definition) is 3. The Kier molecular flexibility index (Phi) is 8.48. The van der Waals surface area contributed by atoms with Crippen LogP contribution < -0.4 is 15.5 Å². The summed E-state index contributed by atoms with van der Waals surface area (Å²) >= 11 is 0. The molecule has 0 aliphatic rings. The highest BCUT2D eigenvalue weighted by Crippen LogP contribution is 2.18. The summed E-state index contributed by atoms with van der Waals surface area (Å²) in [5, 5.41) is 12.5. The lowest BCUT2D eigenvalue weighted by Crippen LogP contribution is -2.17. The lowest BCUT2D eigenvalue weighted by atomic mass is 10.1. The number of fused-ring (bicyclic) bond motifs is 1. The second kappa shape index (κ2) is 11.8. The van der Waals surface area contributed by atoms with Crippen LogP contribution in [0, 0.1) is 0 Å². The highest BCUT2D eigenvalue weighted by Gasteiger charge is 2.04. The molecule has 3 aromatic rings. The molecule has 0 aliphatic carbocycles. The number of nitrogens with zero attached hydrogens (tertiary/aromatic N) is 1. The first-order chi connectivity index (χ1) is 15.2. The summed E-state index contributed by atoms with van der Waals surface area (Å²) in [6.07, 6.45) is 6.01. The second-order valence-corrected chi connectivity index (χ2v) is 7.44. The molecule has 1 heterocycles. The first kappa shape index (κ1) is 22.4. The smallest absolute Gasteiger partial charge is 0.243 e. The third-order valence-electron chi connectivity index (χ3n) is 5.10. The van der Waals surface area contributed by atoms with Crippen LogP contribution in [0.1, 0.15) is 38.5 Å². The van der Waals surface area contributed by atoms with Gasteiger partial charge in [0.15, 0.2) is 0 Å². The van der Waals surface area contributed by atoms with E-state index in [0.717, 1.165) is 37.2 Å².